The summed E-state index contributed by atoms with van der Waals surface area (Å²) >= 11 is 0. The van der Waals surface area contributed by atoms with Gasteiger partial charge in [0.1, 0.15) is 0 Å². The molecule has 0 bridgehead atoms. The van der Waals surface area contributed by atoms with Crippen LogP contribution in [0.5, 0.6) is 0 Å². The molecule has 0 spiro atoms. The topological polar surface area (TPSA) is 35.5 Å². The third-order valence-corrected chi connectivity index (χ3v) is 4.30. The van der Waals surface area contributed by atoms with Gasteiger partial charge < -0.3 is 5.11 Å². The molecule has 1 aliphatic carbocycles. The van der Waals surface area contributed by atoms with Gasteiger partial charge in [0.25, 0.3) is 0 Å². The van der Waals surface area contributed by atoms with E-state index in [9.17, 15) is 5.11 Å². The molecule has 0 unspecified atom stereocenters. The maximum absolute atomic E-state index is 10.4. The van der Waals surface area contributed by atoms with E-state index in [4.69, 9.17) is 0 Å². The number of para-hydroxylation sites is 2. The molecule has 2 atom stereocenters. The first-order valence-electron chi connectivity index (χ1n) is 8.19. The van der Waals surface area contributed by atoms with Crippen molar-refractivity contribution >= 4 is 11.4 Å². The first kappa shape index (κ1) is 15.1. The molecular weight excluding hydrogens is 272 g/mol. The molecule has 1 aliphatic rings. The average molecular weight is 296 g/mol. The van der Waals surface area contributed by atoms with Crippen LogP contribution in [0.2, 0.25) is 0 Å². The maximum atomic E-state index is 10.4. The Kier molecular flexibility index (Phi) is 5.09. The van der Waals surface area contributed by atoms with Gasteiger partial charge in [0.2, 0.25) is 0 Å². The van der Waals surface area contributed by atoms with Gasteiger partial charge in [0, 0.05) is 0 Å². The normalized spacial score (nSPS) is 22.0. The standard InChI is InChI=1S/C19H24N2O/c22-19-15-9-3-8-14-18(19)20-21(16-10-4-1-5-11-16)17-12-6-2-7-13-17/h1-2,4-7,10-13,18-20,22H,3,8-9,14-15H2/t18-,19-/m1/s1. The first-order chi connectivity index (χ1) is 10.8. The van der Waals surface area contributed by atoms with Crippen LogP contribution in [0, 0.1) is 0 Å². The lowest BCUT2D eigenvalue weighted by Gasteiger charge is -2.32. The molecule has 1 saturated carbocycles. The van der Waals surface area contributed by atoms with E-state index < -0.39 is 0 Å². The summed E-state index contributed by atoms with van der Waals surface area (Å²) in [6.07, 6.45) is 5.12. The van der Waals surface area contributed by atoms with Crippen LogP contribution in [-0.4, -0.2) is 17.3 Å². The Bertz CT molecular complexity index is 519. The molecule has 3 rings (SSSR count). The molecule has 22 heavy (non-hydrogen) atoms. The van der Waals surface area contributed by atoms with E-state index in [0.29, 0.717) is 0 Å². The highest BCUT2D eigenvalue weighted by Crippen LogP contribution is 2.25. The molecule has 2 aromatic carbocycles. The Hall–Kier alpha value is -1.84. The van der Waals surface area contributed by atoms with Crippen molar-refractivity contribution < 1.29 is 5.11 Å². The van der Waals surface area contributed by atoms with Crippen LogP contribution in [0.3, 0.4) is 0 Å². The number of hydrogen-bond acceptors (Lipinski definition) is 3. The fourth-order valence-electron chi connectivity index (χ4n) is 3.06. The Morgan fingerprint density at radius 3 is 1.91 bits per heavy atom. The molecule has 2 aromatic rings. The molecule has 1 fully saturated rings. The number of hydrogen-bond donors (Lipinski definition) is 2. The summed E-state index contributed by atoms with van der Waals surface area (Å²) < 4.78 is 0. The molecule has 3 nitrogen and oxygen atoms in total. The fourth-order valence-corrected chi connectivity index (χ4v) is 3.06. The van der Waals surface area contributed by atoms with Crippen LogP contribution in [0.1, 0.15) is 32.1 Å². The number of nitrogens with zero attached hydrogens (tertiary/aromatic N) is 1. The van der Waals surface area contributed by atoms with Crippen LogP contribution < -0.4 is 10.4 Å². The van der Waals surface area contributed by atoms with E-state index in [0.717, 1.165) is 30.6 Å². The number of nitrogens with one attached hydrogen (secondary N) is 1. The number of aliphatic hydroxyl groups is 1. The Morgan fingerprint density at radius 1 is 0.773 bits per heavy atom. The molecule has 0 saturated heterocycles. The second kappa shape index (κ2) is 7.43. The maximum Gasteiger partial charge on any atom is 0.0711 e. The van der Waals surface area contributed by atoms with E-state index in [-0.39, 0.29) is 12.1 Å². The van der Waals surface area contributed by atoms with Crippen LogP contribution in [0.25, 0.3) is 0 Å². The van der Waals surface area contributed by atoms with E-state index in [2.05, 4.69) is 34.7 Å². The number of hydrazine groups is 1. The van der Waals surface area contributed by atoms with Gasteiger partial charge in [0.05, 0.1) is 23.5 Å². The lowest BCUT2D eigenvalue weighted by molar-refractivity contribution is 0.120. The molecule has 0 heterocycles. The minimum Gasteiger partial charge on any atom is -0.391 e. The Labute approximate surface area is 132 Å². The molecule has 0 aromatic heterocycles. The molecule has 3 heteroatoms. The molecular formula is C19H24N2O. The van der Waals surface area contributed by atoms with Crippen LogP contribution in [0.4, 0.5) is 11.4 Å². The van der Waals surface area contributed by atoms with Crippen LogP contribution in [-0.2, 0) is 0 Å². The Morgan fingerprint density at radius 2 is 1.32 bits per heavy atom. The van der Waals surface area contributed by atoms with E-state index in [1.807, 2.05) is 36.4 Å². The number of benzene rings is 2. The molecule has 2 N–H and O–H groups in total. The van der Waals surface area contributed by atoms with Crippen LogP contribution in [0.15, 0.2) is 60.7 Å². The highest BCUT2D eigenvalue weighted by Gasteiger charge is 2.24. The highest BCUT2D eigenvalue weighted by molar-refractivity contribution is 5.61. The summed E-state index contributed by atoms with van der Waals surface area (Å²) in [5.74, 6) is 0. The van der Waals surface area contributed by atoms with E-state index >= 15 is 0 Å². The zero-order chi connectivity index (χ0) is 15.2. The van der Waals surface area contributed by atoms with Crippen molar-refractivity contribution in [2.75, 3.05) is 5.01 Å². The average Bonchev–Trinajstić information content (AvgIpc) is 2.78. The summed E-state index contributed by atoms with van der Waals surface area (Å²) in [5, 5.41) is 12.5. The largest absolute Gasteiger partial charge is 0.391 e. The third kappa shape index (κ3) is 3.67. The predicted molar refractivity (Wildman–Crippen MR) is 91.0 cm³/mol. The molecule has 116 valence electrons. The van der Waals surface area contributed by atoms with Gasteiger partial charge >= 0.3 is 0 Å². The van der Waals surface area contributed by atoms with Gasteiger partial charge in [-0.1, -0.05) is 55.7 Å². The van der Waals surface area contributed by atoms with Crippen molar-refractivity contribution in [3.8, 4) is 0 Å². The van der Waals surface area contributed by atoms with Gasteiger partial charge in [-0.05, 0) is 37.1 Å². The SMILES string of the molecule is O[C@@H]1CCCCC[C@H]1NN(c1ccccc1)c1ccccc1. The monoisotopic (exact) mass is 296 g/mol. The fraction of sp³-hybridized carbons (Fsp3) is 0.368. The second-order valence-corrected chi connectivity index (χ2v) is 5.95. The summed E-state index contributed by atoms with van der Waals surface area (Å²) in [4.78, 5) is 0. The van der Waals surface area contributed by atoms with Crippen LogP contribution >= 0.6 is 0 Å². The summed E-state index contributed by atoms with van der Waals surface area (Å²) in [6, 6.07) is 20.6. The number of aliphatic hydroxyl groups excluding tert-OH is 1. The smallest absolute Gasteiger partial charge is 0.0711 e. The lowest BCUT2D eigenvalue weighted by Crippen LogP contribution is -2.47. The summed E-state index contributed by atoms with van der Waals surface area (Å²) in [5.41, 5.74) is 5.74. The van der Waals surface area contributed by atoms with Crippen molar-refractivity contribution in [1.29, 1.82) is 0 Å². The van der Waals surface area contributed by atoms with Crippen molar-refractivity contribution in [2.45, 2.75) is 44.2 Å². The van der Waals surface area contributed by atoms with Gasteiger partial charge in [-0.15, -0.1) is 0 Å². The third-order valence-electron chi connectivity index (χ3n) is 4.30. The molecule has 0 radical (unpaired) electrons. The molecule has 0 amide bonds. The zero-order valence-electron chi connectivity index (χ0n) is 12.9. The van der Waals surface area contributed by atoms with Crippen molar-refractivity contribution in [3.05, 3.63) is 60.7 Å². The summed E-state index contributed by atoms with van der Waals surface area (Å²) in [7, 11) is 0. The minimum absolute atomic E-state index is 0.0999. The zero-order valence-corrected chi connectivity index (χ0v) is 12.9. The van der Waals surface area contributed by atoms with Crippen molar-refractivity contribution in [2.24, 2.45) is 0 Å². The van der Waals surface area contributed by atoms with E-state index in [1.165, 1.54) is 12.8 Å². The van der Waals surface area contributed by atoms with E-state index in [1.54, 1.807) is 0 Å². The van der Waals surface area contributed by atoms with Crippen molar-refractivity contribution in [3.63, 3.8) is 0 Å². The lowest BCUT2D eigenvalue weighted by atomic mass is 10.1. The predicted octanol–water partition coefficient (Wildman–Crippen LogP) is 4.02. The van der Waals surface area contributed by atoms with Gasteiger partial charge in [-0.25, -0.2) is 5.43 Å². The van der Waals surface area contributed by atoms with Gasteiger partial charge in [-0.3, -0.25) is 5.01 Å². The molecule has 0 aliphatic heterocycles. The first-order valence-corrected chi connectivity index (χ1v) is 8.19. The quantitative estimate of drug-likeness (QED) is 0.660. The highest BCUT2D eigenvalue weighted by atomic mass is 16.3. The Balaban J connectivity index is 1.85. The second-order valence-electron chi connectivity index (χ2n) is 5.95. The minimum atomic E-state index is -0.280. The van der Waals surface area contributed by atoms with Crippen molar-refractivity contribution in [1.82, 2.24) is 5.43 Å². The number of anilines is 2. The van der Waals surface area contributed by atoms with Gasteiger partial charge in [0.15, 0.2) is 0 Å². The number of rotatable bonds is 4. The van der Waals surface area contributed by atoms with Gasteiger partial charge in [-0.2, -0.15) is 0 Å². The summed E-state index contributed by atoms with van der Waals surface area (Å²) in [6.45, 7) is 0.